The third-order valence-electron chi connectivity index (χ3n) is 3.93. The molecule has 1 aliphatic rings. The first-order valence-electron chi connectivity index (χ1n) is 6.84. The number of amides is 1. The van der Waals surface area contributed by atoms with Gasteiger partial charge in [0.05, 0.1) is 10.5 Å². The fourth-order valence-electron chi connectivity index (χ4n) is 2.69. The number of nitrogens with one attached hydrogen (secondary N) is 1. The van der Waals surface area contributed by atoms with Crippen molar-refractivity contribution >= 4 is 41.6 Å². The lowest BCUT2D eigenvalue weighted by molar-refractivity contribution is 0.0926. The molecule has 4 nitrogen and oxygen atoms in total. The van der Waals surface area contributed by atoms with E-state index in [1.54, 1.807) is 0 Å². The quantitative estimate of drug-likeness (QED) is 0.792. The minimum Gasteiger partial charge on any atom is -0.349 e. The smallest absolute Gasteiger partial charge is 0.261 e. The highest BCUT2D eigenvalue weighted by molar-refractivity contribution is 9.10. The lowest BCUT2D eigenvalue weighted by Crippen LogP contribution is -2.37. The summed E-state index contributed by atoms with van der Waals surface area (Å²) in [6.45, 7) is 1.99. The summed E-state index contributed by atoms with van der Waals surface area (Å²) in [7, 11) is 1.47. The average molecular weight is 395 g/mol. The summed E-state index contributed by atoms with van der Waals surface area (Å²) in [5.41, 5.74) is 0.279. The van der Waals surface area contributed by atoms with Gasteiger partial charge in [-0.3, -0.25) is 4.79 Å². The standard InChI is InChI=1S/C14H17BrClNO3S/c1-9(10-4-2-3-5-10)17-14(18)12-8-11(21(16,19)20)6-7-13(12)15/h6-10H,2-5H2,1H3,(H,17,18). The fourth-order valence-corrected chi connectivity index (χ4v) is 3.89. The van der Waals surface area contributed by atoms with Crippen LogP contribution in [0.1, 0.15) is 43.0 Å². The SMILES string of the molecule is CC(NC(=O)c1cc(S(=O)(=O)Cl)ccc1Br)C1CCCC1. The van der Waals surface area contributed by atoms with E-state index in [1.165, 1.54) is 31.0 Å². The van der Waals surface area contributed by atoms with E-state index >= 15 is 0 Å². The maximum atomic E-state index is 12.3. The third kappa shape index (κ3) is 4.20. The molecule has 2 rings (SSSR count). The molecule has 7 heteroatoms. The second kappa shape index (κ2) is 6.67. The molecule has 1 aliphatic carbocycles. The molecule has 1 saturated carbocycles. The number of rotatable bonds is 4. The first kappa shape index (κ1) is 16.8. The molecule has 1 aromatic rings. The van der Waals surface area contributed by atoms with Crippen molar-refractivity contribution < 1.29 is 13.2 Å². The highest BCUT2D eigenvalue weighted by Gasteiger charge is 2.24. The van der Waals surface area contributed by atoms with Crippen molar-refractivity contribution in [2.24, 2.45) is 5.92 Å². The summed E-state index contributed by atoms with van der Waals surface area (Å²) in [5, 5.41) is 2.95. The largest absolute Gasteiger partial charge is 0.349 e. The Bertz CT molecular complexity index is 642. The first-order chi connectivity index (χ1) is 9.79. The Morgan fingerprint density at radius 2 is 2.00 bits per heavy atom. The number of halogens is 2. The maximum absolute atomic E-state index is 12.3. The van der Waals surface area contributed by atoms with Gasteiger partial charge >= 0.3 is 0 Å². The molecule has 0 radical (unpaired) electrons. The van der Waals surface area contributed by atoms with E-state index < -0.39 is 9.05 Å². The third-order valence-corrected chi connectivity index (χ3v) is 5.97. The lowest BCUT2D eigenvalue weighted by Gasteiger charge is -2.20. The molecule has 0 spiro atoms. The van der Waals surface area contributed by atoms with Crippen molar-refractivity contribution in [1.29, 1.82) is 0 Å². The molecular weight excluding hydrogens is 378 g/mol. The molecule has 1 amide bonds. The van der Waals surface area contributed by atoms with Gasteiger partial charge in [0.1, 0.15) is 0 Å². The molecular formula is C14H17BrClNO3S. The molecule has 0 saturated heterocycles. The van der Waals surface area contributed by atoms with Crippen molar-refractivity contribution in [1.82, 2.24) is 5.32 Å². The van der Waals surface area contributed by atoms with Gasteiger partial charge in [-0.25, -0.2) is 8.42 Å². The highest BCUT2D eigenvalue weighted by atomic mass is 79.9. The van der Waals surface area contributed by atoms with Crippen LogP contribution in [0.5, 0.6) is 0 Å². The van der Waals surface area contributed by atoms with Crippen molar-refractivity contribution in [3.05, 3.63) is 28.2 Å². The van der Waals surface area contributed by atoms with Crippen LogP contribution in [0, 0.1) is 5.92 Å². The Hall–Kier alpha value is -0.590. The van der Waals surface area contributed by atoms with E-state index in [0.717, 1.165) is 12.8 Å². The van der Waals surface area contributed by atoms with Crippen LogP contribution in [0.25, 0.3) is 0 Å². The lowest BCUT2D eigenvalue weighted by atomic mass is 9.99. The number of hydrogen-bond donors (Lipinski definition) is 1. The first-order valence-corrected chi connectivity index (χ1v) is 9.94. The van der Waals surface area contributed by atoms with Gasteiger partial charge in [-0.15, -0.1) is 0 Å². The van der Waals surface area contributed by atoms with Crippen LogP contribution < -0.4 is 5.32 Å². The second-order valence-electron chi connectivity index (χ2n) is 5.39. The minimum absolute atomic E-state index is 0.0724. The van der Waals surface area contributed by atoms with Crippen LogP contribution >= 0.6 is 26.6 Å². The molecule has 1 aromatic carbocycles. The highest BCUT2D eigenvalue weighted by Crippen LogP contribution is 2.28. The molecule has 1 unspecified atom stereocenters. The molecule has 21 heavy (non-hydrogen) atoms. The van der Waals surface area contributed by atoms with E-state index in [-0.39, 0.29) is 22.4 Å². The van der Waals surface area contributed by atoms with E-state index in [9.17, 15) is 13.2 Å². The molecule has 116 valence electrons. The Kier molecular flexibility index (Phi) is 5.33. The number of carbonyl (C=O) groups excluding carboxylic acids is 1. The molecule has 1 N–H and O–H groups in total. The monoisotopic (exact) mass is 393 g/mol. The van der Waals surface area contributed by atoms with E-state index in [1.807, 2.05) is 6.92 Å². The van der Waals surface area contributed by atoms with Crippen LogP contribution in [0.4, 0.5) is 0 Å². The Balaban J connectivity index is 2.18. The molecule has 0 aromatic heterocycles. The van der Waals surface area contributed by atoms with Crippen LogP contribution in [0.3, 0.4) is 0 Å². The van der Waals surface area contributed by atoms with E-state index in [0.29, 0.717) is 10.4 Å². The molecule has 1 atom stereocenters. The second-order valence-corrected chi connectivity index (χ2v) is 8.81. The van der Waals surface area contributed by atoms with Gasteiger partial charge in [-0.05, 0) is 59.8 Å². The van der Waals surface area contributed by atoms with Gasteiger partial charge in [0.25, 0.3) is 15.0 Å². The summed E-state index contributed by atoms with van der Waals surface area (Å²) in [4.78, 5) is 12.3. The summed E-state index contributed by atoms with van der Waals surface area (Å²) < 4.78 is 23.3. The Morgan fingerprint density at radius 1 is 1.38 bits per heavy atom. The summed E-state index contributed by atoms with van der Waals surface area (Å²) >= 11 is 3.27. The summed E-state index contributed by atoms with van der Waals surface area (Å²) in [6, 6.07) is 4.25. The van der Waals surface area contributed by atoms with Crippen LogP contribution in [-0.2, 0) is 9.05 Å². The van der Waals surface area contributed by atoms with E-state index in [2.05, 4.69) is 21.2 Å². The normalized spacial score (nSPS) is 17.7. The van der Waals surface area contributed by atoms with Crippen LogP contribution in [-0.4, -0.2) is 20.4 Å². The predicted molar refractivity (Wildman–Crippen MR) is 86.1 cm³/mol. The number of hydrogen-bond acceptors (Lipinski definition) is 3. The van der Waals surface area contributed by atoms with Gasteiger partial charge in [-0.2, -0.15) is 0 Å². The van der Waals surface area contributed by atoms with E-state index in [4.69, 9.17) is 10.7 Å². The van der Waals surface area contributed by atoms with Crippen LogP contribution in [0.15, 0.2) is 27.6 Å². The number of benzene rings is 1. The predicted octanol–water partition coefficient (Wildman–Crippen LogP) is 3.69. The average Bonchev–Trinajstić information content (AvgIpc) is 2.91. The summed E-state index contributed by atoms with van der Waals surface area (Å²) in [6.07, 6.45) is 4.65. The molecule has 0 aliphatic heterocycles. The maximum Gasteiger partial charge on any atom is 0.261 e. The zero-order valence-corrected chi connectivity index (χ0v) is 14.8. The summed E-state index contributed by atoms with van der Waals surface area (Å²) in [5.74, 6) is 0.205. The van der Waals surface area contributed by atoms with Crippen molar-refractivity contribution in [3.8, 4) is 0 Å². The molecule has 1 fully saturated rings. The van der Waals surface area contributed by atoms with Crippen molar-refractivity contribution in [2.75, 3.05) is 0 Å². The van der Waals surface area contributed by atoms with Gasteiger partial charge in [0.2, 0.25) is 0 Å². The van der Waals surface area contributed by atoms with Crippen LogP contribution in [0.2, 0.25) is 0 Å². The van der Waals surface area contributed by atoms with Crippen molar-refractivity contribution in [3.63, 3.8) is 0 Å². The fraction of sp³-hybridized carbons (Fsp3) is 0.500. The molecule has 0 bridgehead atoms. The molecule has 0 heterocycles. The van der Waals surface area contributed by atoms with Crippen molar-refractivity contribution in [2.45, 2.75) is 43.5 Å². The topological polar surface area (TPSA) is 63.2 Å². The van der Waals surface area contributed by atoms with Gasteiger partial charge < -0.3 is 5.32 Å². The van der Waals surface area contributed by atoms with Gasteiger partial charge in [-0.1, -0.05) is 12.8 Å². The van der Waals surface area contributed by atoms with Gasteiger partial charge in [0.15, 0.2) is 0 Å². The number of carbonyl (C=O) groups is 1. The zero-order chi connectivity index (χ0) is 15.6. The Morgan fingerprint density at radius 3 is 2.57 bits per heavy atom. The van der Waals surface area contributed by atoms with Gasteiger partial charge in [0, 0.05) is 21.2 Å². The minimum atomic E-state index is -3.85. The Labute approximate surface area is 137 Å². The zero-order valence-electron chi connectivity index (χ0n) is 11.6.